The van der Waals surface area contributed by atoms with E-state index in [1.807, 2.05) is 0 Å². The minimum absolute atomic E-state index is 0.174. The summed E-state index contributed by atoms with van der Waals surface area (Å²) >= 11 is 0. The summed E-state index contributed by atoms with van der Waals surface area (Å²) < 4.78 is 26.3. The molecule has 1 fully saturated rings. The lowest BCUT2D eigenvalue weighted by atomic mass is 10.2. The molecule has 1 aromatic rings. The van der Waals surface area contributed by atoms with Crippen molar-refractivity contribution in [2.75, 3.05) is 18.4 Å². The number of nitrogens with one attached hydrogen (secondary N) is 1. The lowest BCUT2D eigenvalue weighted by molar-refractivity contribution is -0.118. The van der Waals surface area contributed by atoms with E-state index in [-0.39, 0.29) is 22.5 Å². The van der Waals surface area contributed by atoms with E-state index in [9.17, 15) is 13.2 Å². The lowest BCUT2D eigenvalue weighted by Crippen LogP contribution is -2.28. The minimum Gasteiger partial charge on any atom is -0.310 e. The van der Waals surface area contributed by atoms with E-state index in [1.165, 1.54) is 22.6 Å². The molecule has 0 aromatic carbocycles. The fraction of sp³-hybridized carbons (Fsp3) is 0.538. The molecule has 1 aliphatic heterocycles. The van der Waals surface area contributed by atoms with Crippen LogP contribution in [-0.4, -0.2) is 36.7 Å². The van der Waals surface area contributed by atoms with Crippen LogP contribution in [0.25, 0.3) is 0 Å². The summed E-state index contributed by atoms with van der Waals surface area (Å²) in [6.45, 7) is 4.64. The van der Waals surface area contributed by atoms with Crippen LogP contribution in [0.15, 0.2) is 23.2 Å². The van der Waals surface area contributed by atoms with Crippen molar-refractivity contribution in [2.24, 2.45) is 5.92 Å². The van der Waals surface area contributed by atoms with E-state index in [0.717, 1.165) is 12.8 Å². The molecular formula is C13H19N3O3S. The molecular weight excluding hydrogens is 278 g/mol. The number of carbonyl (C=O) groups is 1. The van der Waals surface area contributed by atoms with Gasteiger partial charge in [-0.05, 0) is 18.9 Å². The van der Waals surface area contributed by atoms with E-state index < -0.39 is 10.0 Å². The molecule has 1 saturated heterocycles. The van der Waals surface area contributed by atoms with Crippen LogP contribution in [0.5, 0.6) is 0 Å². The Balaban J connectivity index is 2.23. The van der Waals surface area contributed by atoms with Crippen molar-refractivity contribution < 1.29 is 13.2 Å². The average molecular weight is 297 g/mol. The fourth-order valence-corrected chi connectivity index (χ4v) is 3.52. The Morgan fingerprint density at radius 3 is 2.60 bits per heavy atom. The van der Waals surface area contributed by atoms with Crippen LogP contribution in [0.2, 0.25) is 0 Å². The highest BCUT2D eigenvalue weighted by Crippen LogP contribution is 2.22. The molecule has 110 valence electrons. The van der Waals surface area contributed by atoms with Gasteiger partial charge in [-0.25, -0.2) is 13.4 Å². The van der Waals surface area contributed by atoms with Gasteiger partial charge in [-0.3, -0.25) is 4.79 Å². The van der Waals surface area contributed by atoms with Crippen molar-refractivity contribution in [1.29, 1.82) is 0 Å². The first-order chi connectivity index (χ1) is 9.41. The molecule has 1 amide bonds. The van der Waals surface area contributed by atoms with Crippen LogP contribution in [0, 0.1) is 5.92 Å². The van der Waals surface area contributed by atoms with Crippen molar-refractivity contribution in [2.45, 2.75) is 31.6 Å². The standard InChI is InChI=1S/C13H19N3O3S/c1-10(2)13(17)15-12-9-11(5-6-14-12)20(18,19)16-7-3-4-8-16/h5-6,9-10H,3-4,7-8H2,1-2H3,(H,14,15,17). The van der Waals surface area contributed by atoms with Gasteiger partial charge in [0.15, 0.2) is 0 Å². The maximum atomic E-state index is 12.4. The number of amides is 1. The van der Waals surface area contributed by atoms with Crippen molar-refractivity contribution in [3.05, 3.63) is 18.3 Å². The highest BCUT2D eigenvalue weighted by molar-refractivity contribution is 7.89. The molecule has 0 radical (unpaired) electrons. The largest absolute Gasteiger partial charge is 0.310 e. The van der Waals surface area contributed by atoms with Gasteiger partial charge in [0.1, 0.15) is 5.82 Å². The summed E-state index contributed by atoms with van der Waals surface area (Å²) in [7, 11) is -3.48. The molecule has 1 N–H and O–H groups in total. The van der Waals surface area contributed by atoms with E-state index in [0.29, 0.717) is 13.1 Å². The van der Waals surface area contributed by atoms with Crippen LogP contribution in [0.3, 0.4) is 0 Å². The van der Waals surface area contributed by atoms with Crippen LogP contribution < -0.4 is 5.32 Å². The Hall–Kier alpha value is -1.47. The van der Waals surface area contributed by atoms with Crippen molar-refractivity contribution in [3.63, 3.8) is 0 Å². The Kier molecular flexibility index (Phi) is 4.39. The van der Waals surface area contributed by atoms with Gasteiger partial charge in [-0.2, -0.15) is 4.31 Å². The highest BCUT2D eigenvalue weighted by Gasteiger charge is 2.27. The van der Waals surface area contributed by atoms with E-state index in [2.05, 4.69) is 10.3 Å². The molecule has 1 aliphatic rings. The number of anilines is 1. The van der Waals surface area contributed by atoms with E-state index >= 15 is 0 Å². The summed E-state index contributed by atoms with van der Waals surface area (Å²) in [6, 6.07) is 2.87. The number of aromatic nitrogens is 1. The van der Waals surface area contributed by atoms with Gasteiger partial charge in [-0.1, -0.05) is 13.8 Å². The first-order valence-electron chi connectivity index (χ1n) is 6.68. The molecule has 7 heteroatoms. The molecule has 2 heterocycles. The molecule has 1 aromatic heterocycles. The van der Waals surface area contributed by atoms with Crippen LogP contribution in [-0.2, 0) is 14.8 Å². The number of sulfonamides is 1. The predicted molar refractivity (Wildman–Crippen MR) is 75.7 cm³/mol. The molecule has 2 rings (SSSR count). The Morgan fingerprint density at radius 2 is 2.00 bits per heavy atom. The lowest BCUT2D eigenvalue weighted by Gasteiger charge is -2.16. The number of hydrogen-bond donors (Lipinski definition) is 1. The summed E-state index contributed by atoms with van der Waals surface area (Å²) in [6.07, 6.45) is 3.18. The zero-order valence-electron chi connectivity index (χ0n) is 11.7. The quantitative estimate of drug-likeness (QED) is 0.912. The summed E-state index contributed by atoms with van der Waals surface area (Å²) in [5.74, 6) is -0.104. The van der Waals surface area contributed by atoms with Crippen LogP contribution in [0.1, 0.15) is 26.7 Å². The Bertz CT molecular complexity index is 593. The number of nitrogens with zero attached hydrogens (tertiary/aromatic N) is 2. The molecule has 0 saturated carbocycles. The highest BCUT2D eigenvalue weighted by atomic mass is 32.2. The maximum Gasteiger partial charge on any atom is 0.243 e. The smallest absolute Gasteiger partial charge is 0.243 e. The third kappa shape index (κ3) is 3.16. The van der Waals surface area contributed by atoms with Gasteiger partial charge in [0.05, 0.1) is 4.90 Å². The Labute approximate surface area is 119 Å². The molecule has 0 aliphatic carbocycles. The third-order valence-electron chi connectivity index (χ3n) is 3.21. The van der Waals surface area contributed by atoms with Gasteiger partial charge in [0, 0.05) is 31.3 Å². The second-order valence-electron chi connectivity index (χ2n) is 5.13. The second kappa shape index (κ2) is 5.88. The molecule has 0 bridgehead atoms. The number of carbonyl (C=O) groups excluding carboxylic acids is 1. The van der Waals surface area contributed by atoms with Gasteiger partial charge in [0.25, 0.3) is 0 Å². The van der Waals surface area contributed by atoms with Crippen LogP contribution in [0.4, 0.5) is 5.82 Å². The number of rotatable bonds is 4. The average Bonchev–Trinajstić information content (AvgIpc) is 2.93. The minimum atomic E-state index is -3.48. The molecule has 0 spiro atoms. The SMILES string of the molecule is CC(C)C(=O)Nc1cc(S(=O)(=O)N2CCCC2)ccn1. The van der Waals surface area contributed by atoms with Crippen molar-refractivity contribution in [1.82, 2.24) is 9.29 Å². The first-order valence-corrected chi connectivity index (χ1v) is 8.12. The normalized spacial score (nSPS) is 16.6. The summed E-state index contributed by atoms with van der Waals surface area (Å²) in [4.78, 5) is 15.8. The summed E-state index contributed by atoms with van der Waals surface area (Å²) in [5.41, 5.74) is 0. The van der Waals surface area contributed by atoms with Crippen molar-refractivity contribution >= 4 is 21.7 Å². The first kappa shape index (κ1) is 14.9. The topological polar surface area (TPSA) is 79.4 Å². The third-order valence-corrected chi connectivity index (χ3v) is 5.10. The summed E-state index contributed by atoms with van der Waals surface area (Å²) in [5, 5.41) is 2.61. The maximum absolute atomic E-state index is 12.4. The monoisotopic (exact) mass is 297 g/mol. The predicted octanol–water partition coefficient (Wildman–Crippen LogP) is 1.46. The zero-order valence-corrected chi connectivity index (χ0v) is 12.5. The molecule has 20 heavy (non-hydrogen) atoms. The molecule has 0 atom stereocenters. The fourth-order valence-electron chi connectivity index (χ4n) is 1.99. The van der Waals surface area contributed by atoms with E-state index in [1.54, 1.807) is 13.8 Å². The molecule has 6 nitrogen and oxygen atoms in total. The van der Waals surface area contributed by atoms with E-state index in [4.69, 9.17) is 0 Å². The van der Waals surface area contributed by atoms with Crippen molar-refractivity contribution in [3.8, 4) is 0 Å². The van der Waals surface area contributed by atoms with Gasteiger partial charge in [-0.15, -0.1) is 0 Å². The van der Waals surface area contributed by atoms with Gasteiger partial charge >= 0.3 is 0 Å². The van der Waals surface area contributed by atoms with Crippen LogP contribution >= 0.6 is 0 Å². The number of pyridine rings is 1. The van der Waals surface area contributed by atoms with Gasteiger partial charge in [0.2, 0.25) is 15.9 Å². The Morgan fingerprint density at radius 1 is 1.35 bits per heavy atom. The molecule has 0 unspecified atom stereocenters. The second-order valence-corrected chi connectivity index (χ2v) is 7.07. The number of hydrogen-bond acceptors (Lipinski definition) is 4. The zero-order chi connectivity index (χ0) is 14.8. The van der Waals surface area contributed by atoms with Gasteiger partial charge < -0.3 is 5.32 Å².